The van der Waals surface area contributed by atoms with Gasteiger partial charge in [0, 0.05) is 62.9 Å². The average molecular weight is 657 g/mol. The van der Waals surface area contributed by atoms with Gasteiger partial charge in [0.1, 0.15) is 11.9 Å². The number of fused-ring (bicyclic) bond motifs is 1. The van der Waals surface area contributed by atoms with Crippen LogP contribution in [-0.2, 0) is 9.59 Å². The van der Waals surface area contributed by atoms with Crippen molar-refractivity contribution in [2.75, 3.05) is 51.1 Å². The van der Waals surface area contributed by atoms with Gasteiger partial charge in [-0.2, -0.15) is 0 Å². The number of allylic oxidation sites excluding steroid dienone is 1. The van der Waals surface area contributed by atoms with Crippen LogP contribution in [-0.4, -0.2) is 77.0 Å². The zero-order chi connectivity index (χ0) is 32.5. The SMILES string of the molecule is Cc1nc2cccc(NCCN3CCN(CC4=C(c5ccc(Cl)cc5)CCC5(CCCC5)C4)CC3)c2c(=O)n1C1CCC(=O)NC1=O. The fourth-order valence-electron chi connectivity index (χ4n) is 8.50. The second-order valence-electron chi connectivity index (χ2n) is 14.0. The molecule has 4 aliphatic rings. The number of carbonyl (C=O) groups excluding carboxylic acids is 2. The van der Waals surface area contributed by atoms with Crippen LogP contribution in [0.5, 0.6) is 0 Å². The maximum atomic E-state index is 13.8. The Hall–Kier alpha value is -3.53. The van der Waals surface area contributed by atoms with Gasteiger partial charge in [-0.05, 0) is 86.3 Å². The minimum Gasteiger partial charge on any atom is -0.383 e. The van der Waals surface area contributed by atoms with Gasteiger partial charge in [0.2, 0.25) is 11.8 Å². The molecule has 248 valence electrons. The van der Waals surface area contributed by atoms with Crippen LogP contribution in [0.15, 0.2) is 52.8 Å². The summed E-state index contributed by atoms with van der Waals surface area (Å²) >= 11 is 6.23. The van der Waals surface area contributed by atoms with Crippen molar-refractivity contribution in [3.8, 4) is 0 Å². The molecule has 1 unspecified atom stereocenters. The molecule has 1 spiro atoms. The zero-order valence-electron chi connectivity index (χ0n) is 27.3. The number of hydrogen-bond donors (Lipinski definition) is 2. The number of aryl methyl sites for hydroxylation is 1. The number of halogens is 1. The molecule has 1 saturated carbocycles. The third kappa shape index (κ3) is 6.76. The molecule has 7 rings (SSSR count). The summed E-state index contributed by atoms with van der Waals surface area (Å²) in [5, 5.41) is 7.13. The van der Waals surface area contributed by atoms with Crippen molar-refractivity contribution in [2.24, 2.45) is 5.41 Å². The lowest BCUT2D eigenvalue weighted by Crippen LogP contribution is -2.48. The second-order valence-corrected chi connectivity index (χ2v) is 14.5. The predicted octanol–water partition coefficient (Wildman–Crippen LogP) is 5.56. The monoisotopic (exact) mass is 656 g/mol. The van der Waals surface area contributed by atoms with E-state index in [4.69, 9.17) is 11.6 Å². The Morgan fingerprint density at radius 1 is 0.957 bits per heavy atom. The van der Waals surface area contributed by atoms with Crippen LogP contribution in [0.1, 0.15) is 75.2 Å². The van der Waals surface area contributed by atoms with E-state index in [-0.39, 0.29) is 17.9 Å². The van der Waals surface area contributed by atoms with Gasteiger partial charge in [0.05, 0.1) is 10.9 Å². The number of nitrogens with one attached hydrogen (secondary N) is 2. The number of rotatable bonds is 8. The predicted molar refractivity (Wildman–Crippen MR) is 187 cm³/mol. The van der Waals surface area contributed by atoms with Crippen molar-refractivity contribution in [3.63, 3.8) is 0 Å². The van der Waals surface area contributed by atoms with Gasteiger partial charge in [0.15, 0.2) is 0 Å². The molecule has 2 saturated heterocycles. The summed E-state index contributed by atoms with van der Waals surface area (Å²) in [5.74, 6) is -0.286. The zero-order valence-corrected chi connectivity index (χ0v) is 28.1. The first kappa shape index (κ1) is 32.0. The van der Waals surface area contributed by atoms with E-state index in [9.17, 15) is 14.4 Å². The maximum Gasteiger partial charge on any atom is 0.264 e. The first-order valence-electron chi connectivity index (χ1n) is 17.3. The molecule has 3 fully saturated rings. The first-order chi connectivity index (χ1) is 22.8. The summed E-state index contributed by atoms with van der Waals surface area (Å²) in [6.07, 6.45) is 9.72. The van der Waals surface area contributed by atoms with Gasteiger partial charge in [-0.15, -0.1) is 0 Å². The second kappa shape index (κ2) is 13.5. The minimum absolute atomic E-state index is 0.204. The molecule has 1 atom stereocenters. The molecule has 0 radical (unpaired) electrons. The molecule has 1 aromatic heterocycles. The number of anilines is 1. The summed E-state index contributed by atoms with van der Waals surface area (Å²) in [6.45, 7) is 8.45. The molecule has 0 bridgehead atoms. The Labute approximate surface area is 281 Å². The largest absolute Gasteiger partial charge is 0.383 e. The lowest BCUT2D eigenvalue weighted by molar-refractivity contribution is -0.135. The third-order valence-electron chi connectivity index (χ3n) is 11.0. The number of hydrogen-bond acceptors (Lipinski definition) is 7. The molecule has 3 aromatic rings. The topological polar surface area (TPSA) is 99.6 Å². The number of piperazine rings is 1. The highest BCUT2D eigenvalue weighted by Crippen LogP contribution is 2.52. The molecule has 2 amide bonds. The molecule has 2 N–H and O–H groups in total. The normalized spacial score (nSPS) is 22.3. The standard InChI is InChI=1S/C37H45ClN6O3/c1-25-40-31-6-4-5-30(34(31)36(47)44(25)32-11-12-33(45)41-35(32)46)39-17-18-42-19-21-43(22-20-42)24-27-23-37(14-2-3-15-37)16-13-29(27)26-7-9-28(38)10-8-26/h4-10,32,39H,2-3,11-24H2,1H3,(H,41,45,46). The van der Waals surface area contributed by atoms with Crippen molar-refractivity contribution in [3.05, 3.63) is 74.8 Å². The molecule has 2 aliphatic carbocycles. The van der Waals surface area contributed by atoms with Crippen LogP contribution in [0.25, 0.3) is 16.5 Å². The molecule has 47 heavy (non-hydrogen) atoms. The van der Waals surface area contributed by atoms with E-state index in [0.717, 1.165) is 50.0 Å². The van der Waals surface area contributed by atoms with Crippen molar-refractivity contribution in [1.82, 2.24) is 24.7 Å². The smallest absolute Gasteiger partial charge is 0.264 e. The van der Waals surface area contributed by atoms with Crippen molar-refractivity contribution < 1.29 is 9.59 Å². The van der Waals surface area contributed by atoms with Gasteiger partial charge in [-0.3, -0.25) is 34.1 Å². The number of benzene rings is 2. The van der Waals surface area contributed by atoms with E-state index < -0.39 is 11.9 Å². The number of nitrogens with zero attached hydrogens (tertiary/aromatic N) is 4. The number of carbonyl (C=O) groups is 2. The van der Waals surface area contributed by atoms with Crippen molar-refractivity contribution in [2.45, 2.75) is 70.8 Å². The summed E-state index contributed by atoms with van der Waals surface area (Å²) in [5.41, 5.74) is 6.10. The van der Waals surface area contributed by atoms with Crippen LogP contribution >= 0.6 is 11.6 Å². The molecule has 10 heteroatoms. The van der Waals surface area contributed by atoms with Gasteiger partial charge in [0.25, 0.3) is 5.56 Å². The minimum atomic E-state index is -0.739. The van der Waals surface area contributed by atoms with Crippen LogP contribution < -0.4 is 16.2 Å². The Morgan fingerprint density at radius 2 is 1.70 bits per heavy atom. The summed E-state index contributed by atoms with van der Waals surface area (Å²) in [7, 11) is 0. The van der Waals surface area contributed by atoms with Gasteiger partial charge >= 0.3 is 0 Å². The molecular weight excluding hydrogens is 612 g/mol. The van der Waals surface area contributed by atoms with E-state index in [1.165, 1.54) is 55.1 Å². The lowest BCUT2D eigenvalue weighted by atomic mass is 9.69. The molecular formula is C37H45ClN6O3. The highest BCUT2D eigenvalue weighted by molar-refractivity contribution is 6.30. The fraction of sp³-hybridized carbons (Fsp3) is 0.514. The Bertz CT molecular complexity index is 1750. The summed E-state index contributed by atoms with van der Waals surface area (Å²) in [4.78, 5) is 47.9. The third-order valence-corrected chi connectivity index (χ3v) is 11.3. The Balaban J connectivity index is 0.989. The number of imide groups is 1. The van der Waals surface area contributed by atoms with Crippen LogP contribution in [0.2, 0.25) is 5.02 Å². The van der Waals surface area contributed by atoms with Crippen molar-refractivity contribution in [1.29, 1.82) is 0 Å². The van der Waals surface area contributed by atoms with E-state index >= 15 is 0 Å². The van der Waals surface area contributed by atoms with E-state index in [2.05, 4.69) is 37.6 Å². The molecule has 9 nitrogen and oxygen atoms in total. The average Bonchev–Trinajstić information content (AvgIpc) is 3.51. The summed E-state index contributed by atoms with van der Waals surface area (Å²) in [6, 6.07) is 13.4. The van der Waals surface area contributed by atoms with Crippen LogP contribution in [0.3, 0.4) is 0 Å². The van der Waals surface area contributed by atoms with E-state index in [1.54, 1.807) is 18.1 Å². The quantitative estimate of drug-likeness (QED) is 0.306. The van der Waals surface area contributed by atoms with Gasteiger partial charge < -0.3 is 5.32 Å². The highest BCUT2D eigenvalue weighted by Gasteiger charge is 2.38. The highest BCUT2D eigenvalue weighted by atomic mass is 35.5. The van der Waals surface area contributed by atoms with E-state index in [1.807, 2.05) is 30.3 Å². The number of aromatic nitrogens is 2. The Morgan fingerprint density at radius 3 is 2.45 bits per heavy atom. The van der Waals surface area contributed by atoms with Crippen LogP contribution in [0, 0.1) is 12.3 Å². The number of amides is 2. The number of piperidine rings is 1. The van der Waals surface area contributed by atoms with Gasteiger partial charge in [-0.25, -0.2) is 4.98 Å². The molecule has 3 heterocycles. The first-order valence-corrected chi connectivity index (χ1v) is 17.7. The molecule has 2 aliphatic heterocycles. The van der Waals surface area contributed by atoms with Crippen molar-refractivity contribution >= 4 is 45.6 Å². The lowest BCUT2D eigenvalue weighted by Gasteiger charge is -2.40. The maximum absolute atomic E-state index is 13.8. The molecule has 2 aromatic carbocycles. The fourth-order valence-corrected chi connectivity index (χ4v) is 8.63. The summed E-state index contributed by atoms with van der Waals surface area (Å²) < 4.78 is 1.45. The van der Waals surface area contributed by atoms with Gasteiger partial charge in [-0.1, -0.05) is 48.2 Å². The van der Waals surface area contributed by atoms with E-state index in [0.29, 0.717) is 35.1 Å². The Kier molecular flexibility index (Phi) is 9.22. The van der Waals surface area contributed by atoms with Crippen LogP contribution in [0.4, 0.5) is 5.69 Å².